The molecule has 118 valence electrons. The Balaban J connectivity index is 1.95. The molecule has 0 aromatic heterocycles. The third-order valence-corrected chi connectivity index (χ3v) is 4.79. The van der Waals surface area contributed by atoms with Crippen LogP contribution in [-0.2, 0) is 0 Å². The molecular weight excluding hydrogens is 265 g/mol. The number of alkyl halides is 3. The lowest BCUT2D eigenvalue weighted by atomic mass is 9.82. The number of halogens is 3. The van der Waals surface area contributed by atoms with Crippen LogP contribution in [0.1, 0.15) is 51.9 Å². The molecule has 0 radical (unpaired) electrons. The Morgan fingerprint density at radius 2 is 1.85 bits per heavy atom. The Bertz CT molecular complexity index is 287. The molecule has 2 aliphatic rings. The first kappa shape index (κ1) is 16.1. The second-order valence-electron chi connectivity index (χ2n) is 6.40. The van der Waals surface area contributed by atoms with Crippen molar-refractivity contribution in [1.29, 1.82) is 0 Å². The average Bonchev–Trinajstić information content (AvgIpc) is 2.40. The molecule has 5 heteroatoms. The van der Waals surface area contributed by atoms with Crippen LogP contribution >= 0.6 is 0 Å². The highest BCUT2D eigenvalue weighted by atomic mass is 19.4. The number of nitrogens with one attached hydrogen (secondary N) is 1. The second-order valence-corrected chi connectivity index (χ2v) is 6.40. The van der Waals surface area contributed by atoms with Gasteiger partial charge in [0.15, 0.2) is 0 Å². The molecule has 2 nitrogen and oxygen atoms in total. The minimum Gasteiger partial charge on any atom is -0.311 e. The van der Waals surface area contributed by atoms with Gasteiger partial charge in [-0.1, -0.05) is 32.6 Å². The van der Waals surface area contributed by atoms with Gasteiger partial charge >= 0.3 is 6.18 Å². The zero-order valence-electron chi connectivity index (χ0n) is 12.4. The zero-order valence-corrected chi connectivity index (χ0v) is 12.4. The molecule has 2 atom stereocenters. The summed E-state index contributed by atoms with van der Waals surface area (Å²) in [7, 11) is 0. The van der Waals surface area contributed by atoms with Gasteiger partial charge in [-0.2, -0.15) is 13.2 Å². The molecule has 2 fully saturated rings. The summed E-state index contributed by atoms with van der Waals surface area (Å²) in [6.07, 6.45) is 3.82. The Kier molecular flexibility index (Phi) is 5.73. The maximum atomic E-state index is 12.8. The van der Waals surface area contributed by atoms with Crippen molar-refractivity contribution >= 4 is 0 Å². The molecule has 0 spiro atoms. The summed E-state index contributed by atoms with van der Waals surface area (Å²) in [5.74, 6) is 0.571. The van der Waals surface area contributed by atoms with Crippen LogP contribution < -0.4 is 5.32 Å². The molecule has 1 saturated heterocycles. The third-order valence-electron chi connectivity index (χ3n) is 4.79. The second kappa shape index (κ2) is 7.12. The summed E-state index contributed by atoms with van der Waals surface area (Å²) < 4.78 is 38.3. The van der Waals surface area contributed by atoms with Crippen LogP contribution in [-0.4, -0.2) is 42.8 Å². The summed E-state index contributed by atoms with van der Waals surface area (Å²) in [5.41, 5.74) is 0. The van der Waals surface area contributed by atoms with E-state index in [4.69, 9.17) is 0 Å². The zero-order chi connectivity index (χ0) is 14.6. The van der Waals surface area contributed by atoms with E-state index in [0.717, 1.165) is 12.8 Å². The summed E-state index contributed by atoms with van der Waals surface area (Å²) in [6.45, 7) is 2.57. The molecule has 1 N–H and O–H groups in total. The number of hydrogen-bond acceptors (Lipinski definition) is 2. The van der Waals surface area contributed by atoms with Gasteiger partial charge in [-0.15, -0.1) is 0 Å². The Morgan fingerprint density at radius 1 is 1.15 bits per heavy atom. The van der Waals surface area contributed by atoms with Gasteiger partial charge in [-0.25, -0.2) is 0 Å². The topological polar surface area (TPSA) is 15.3 Å². The molecule has 1 heterocycles. The number of hydrogen-bond donors (Lipinski definition) is 1. The number of rotatable bonds is 4. The van der Waals surface area contributed by atoms with Crippen LogP contribution in [0, 0.1) is 5.92 Å². The smallest absolute Gasteiger partial charge is 0.311 e. The first-order valence-corrected chi connectivity index (χ1v) is 8.04. The molecule has 0 bridgehead atoms. The lowest BCUT2D eigenvalue weighted by Gasteiger charge is -2.44. The van der Waals surface area contributed by atoms with Gasteiger partial charge in [0, 0.05) is 25.2 Å². The molecular formula is C15H27F3N2. The van der Waals surface area contributed by atoms with Gasteiger partial charge in [0.05, 0.1) is 6.54 Å². The largest absolute Gasteiger partial charge is 0.401 e. The van der Waals surface area contributed by atoms with Crippen molar-refractivity contribution in [2.24, 2.45) is 5.92 Å². The highest BCUT2D eigenvalue weighted by Crippen LogP contribution is 2.30. The molecule has 1 aliphatic heterocycles. The maximum Gasteiger partial charge on any atom is 0.401 e. The fourth-order valence-electron chi connectivity index (χ4n) is 3.78. The summed E-state index contributed by atoms with van der Waals surface area (Å²) in [6, 6.07) is 0.298. The lowest BCUT2D eigenvalue weighted by Crippen LogP contribution is -2.60. The average molecular weight is 292 g/mol. The molecule has 2 unspecified atom stereocenters. The van der Waals surface area contributed by atoms with Gasteiger partial charge in [-0.05, 0) is 25.2 Å². The first-order valence-electron chi connectivity index (χ1n) is 8.04. The molecule has 20 heavy (non-hydrogen) atoms. The first-order chi connectivity index (χ1) is 9.49. The van der Waals surface area contributed by atoms with Gasteiger partial charge in [0.2, 0.25) is 0 Å². The normalized spacial score (nSPS) is 30.6. The monoisotopic (exact) mass is 292 g/mol. The summed E-state index contributed by atoms with van der Waals surface area (Å²) in [4.78, 5) is 1.68. The van der Waals surface area contributed by atoms with Crippen molar-refractivity contribution in [1.82, 2.24) is 10.2 Å². The molecule has 1 aliphatic carbocycles. The minimum absolute atomic E-state index is 0.0430. The summed E-state index contributed by atoms with van der Waals surface area (Å²) in [5, 5.41) is 3.53. The number of nitrogens with zero attached hydrogens (tertiary/aromatic N) is 1. The van der Waals surface area contributed by atoms with Crippen LogP contribution in [0.15, 0.2) is 0 Å². The van der Waals surface area contributed by atoms with Crippen molar-refractivity contribution < 1.29 is 13.2 Å². The van der Waals surface area contributed by atoms with Gasteiger partial charge in [-0.3, -0.25) is 4.90 Å². The highest BCUT2D eigenvalue weighted by Gasteiger charge is 2.38. The summed E-state index contributed by atoms with van der Waals surface area (Å²) >= 11 is 0. The van der Waals surface area contributed by atoms with Crippen LogP contribution in [0.5, 0.6) is 0 Å². The van der Waals surface area contributed by atoms with E-state index in [1.807, 2.05) is 6.92 Å². The molecule has 2 rings (SSSR count). The van der Waals surface area contributed by atoms with E-state index in [2.05, 4.69) is 5.32 Å². The Morgan fingerprint density at radius 3 is 2.45 bits per heavy atom. The van der Waals surface area contributed by atoms with Crippen LogP contribution in [0.3, 0.4) is 0 Å². The van der Waals surface area contributed by atoms with Crippen LogP contribution in [0.2, 0.25) is 0 Å². The van der Waals surface area contributed by atoms with Crippen molar-refractivity contribution in [2.75, 3.05) is 19.6 Å². The van der Waals surface area contributed by atoms with Crippen molar-refractivity contribution in [3.8, 4) is 0 Å². The van der Waals surface area contributed by atoms with Crippen molar-refractivity contribution in [3.63, 3.8) is 0 Å². The predicted octanol–water partition coefficient (Wildman–Crippen LogP) is 3.57. The van der Waals surface area contributed by atoms with Gasteiger partial charge < -0.3 is 5.32 Å². The van der Waals surface area contributed by atoms with E-state index in [0.29, 0.717) is 19.0 Å². The molecule has 0 amide bonds. The quantitative estimate of drug-likeness (QED) is 0.852. The fourth-order valence-corrected chi connectivity index (χ4v) is 3.78. The molecule has 0 aromatic rings. The van der Waals surface area contributed by atoms with E-state index in [9.17, 15) is 13.2 Å². The van der Waals surface area contributed by atoms with Gasteiger partial charge in [0.25, 0.3) is 0 Å². The van der Waals surface area contributed by atoms with Crippen molar-refractivity contribution in [2.45, 2.75) is 70.1 Å². The number of piperazine rings is 1. The van der Waals surface area contributed by atoms with Crippen LogP contribution in [0.4, 0.5) is 13.2 Å². The van der Waals surface area contributed by atoms with E-state index in [-0.39, 0.29) is 12.1 Å². The maximum absolute atomic E-state index is 12.8. The standard InChI is InChI=1S/C15H27F3N2/c1-2-6-13-9-19-14(12-7-4-3-5-8-12)10-20(13)11-15(16,17)18/h12-14,19H,2-11H2,1H3. The Hall–Kier alpha value is -0.290. The molecule has 0 aromatic carbocycles. The molecule has 1 saturated carbocycles. The van der Waals surface area contributed by atoms with Crippen molar-refractivity contribution in [3.05, 3.63) is 0 Å². The third kappa shape index (κ3) is 4.62. The predicted molar refractivity (Wildman–Crippen MR) is 74.7 cm³/mol. The van der Waals surface area contributed by atoms with Gasteiger partial charge in [0.1, 0.15) is 0 Å². The SMILES string of the molecule is CCCC1CNC(C2CCCCC2)CN1CC(F)(F)F. The van der Waals surface area contributed by atoms with E-state index >= 15 is 0 Å². The van der Waals surface area contributed by atoms with E-state index < -0.39 is 12.7 Å². The van der Waals surface area contributed by atoms with E-state index in [1.165, 1.54) is 32.1 Å². The Labute approximate surface area is 120 Å². The van der Waals surface area contributed by atoms with E-state index in [1.54, 1.807) is 4.90 Å². The minimum atomic E-state index is -4.08. The van der Waals surface area contributed by atoms with Crippen LogP contribution in [0.25, 0.3) is 0 Å². The fraction of sp³-hybridized carbons (Fsp3) is 1.00. The highest BCUT2D eigenvalue weighted by molar-refractivity contribution is 4.91. The lowest BCUT2D eigenvalue weighted by molar-refractivity contribution is -0.155.